The summed E-state index contributed by atoms with van der Waals surface area (Å²) in [5.41, 5.74) is 8.87. The summed E-state index contributed by atoms with van der Waals surface area (Å²) >= 11 is 7.11. The van der Waals surface area contributed by atoms with Crippen molar-refractivity contribution in [1.29, 1.82) is 0 Å². The maximum Gasteiger partial charge on any atom is 0.0619 e. The van der Waals surface area contributed by atoms with E-state index in [2.05, 4.69) is 210 Å². The number of benzene rings is 10. The second kappa shape index (κ2) is 12.6. The van der Waals surface area contributed by atoms with Crippen molar-refractivity contribution in [2.24, 2.45) is 0 Å². The molecule has 0 spiro atoms. The van der Waals surface area contributed by atoms with Gasteiger partial charge in [0.1, 0.15) is 0 Å². The van der Waals surface area contributed by atoms with Crippen molar-refractivity contribution in [1.82, 2.24) is 4.57 Å². The fourth-order valence-electron chi connectivity index (χ4n) is 8.56. The van der Waals surface area contributed by atoms with Crippen LogP contribution in [0.4, 0.5) is 17.1 Å². The normalized spacial score (nSPS) is 11.7. The van der Waals surface area contributed by atoms with Crippen LogP contribution in [0.15, 0.2) is 200 Å². The van der Waals surface area contributed by atoms with Crippen LogP contribution in [0.1, 0.15) is 0 Å². The van der Waals surface area contributed by atoms with Crippen molar-refractivity contribution in [3.05, 3.63) is 205 Å². The number of fused-ring (bicyclic) bond motifs is 8. The van der Waals surface area contributed by atoms with Crippen LogP contribution in [-0.4, -0.2) is 4.57 Å². The molecular formula is C52H33ClN2. The number of nitrogens with zero attached hydrogens (tertiary/aromatic N) is 2. The summed E-state index contributed by atoms with van der Waals surface area (Å²) in [4.78, 5) is 2.35. The van der Waals surface area contributed by atoms with Crippen molar-refractivity contribution in [2.45, 2.75) is 0 Å². The lowest BCUT2D eigenvalue weighted by Gasteiger charge is -2.28. The molecule has 0 saturated heterocycles. The quantitative estimate of drug-likeness (QED) is 0.172. The second-order valence-corrected chi connectivity index (χ2v) is 14.8. The molecule has 0 amide bonds. The summed E-state index contributed by atoms with van der Waals surface area (Å²) in [5, 5.41) is 12.8. The minimum Gasteiger partial charge on any atom is -0.310 e. The van der Waals surface area contributed by atoms with Gasteiger partial charge in [0.05, 0.1) is 16.7 Å². The van der Waals surface area contributed by atoms with Crippen LogP contribution >= 0.6 is 11.6 Å². The first-order chi connectivity index (χ1) is 27.2. The number of hydrogen-bond acceptors (Lipinski definition) is 1. The highest BCUT2D eigenvalue weighted by Crippen LogP contribution is 2.44. The van der Waals surface area contributed by atoms with Gasteiger partial charge < -0.3 is 9.47 Å². The third-order valence-electron chi connectivity index (χ3n) is 11.1. The second-order valence-electron chi connectivity index (χ2n) is 14.3. The molecule has 0 N–H and O–H groups in total. The topological polar surface area (TPSA) is 8.17 Å². The van der Waals surface area contributed by atoms with Crippen LogP contribution in [0.25, 0.3) is 81.7 Å². The fourth-order valence-corrected chi connectivity index (χ4v) is 8.79. The lowest BCUT2D eigenvalue weighted by atomic mass is 10.00. The van der Waals surface area contributed by atoms with Gasteiger partial charge in [0, 0.05) is 43.6 Å². The Hall–Kier alpha value is -6.87. The highest BCUT2D eigenvalue weighted by molar-refractivity contribution is 6.31. The fraction of sp³-hybridized carbons (Fsp3) is 0. The molecular weight excluding hydrogens is 688 g/mol. The van der Waals surface area contributed by atoms with Crippen LogP contribution in [0, 0.1) is 0 Å². The molecule has 2 nitrogen and oxygen atoms in total. The Labute approximate surface area is 323 Å². The molecule has 0 unspecified atom stereocenters. The van der Waals surface area contributed by atoms with Crippen LogP contribution in [0.5, 0.6) is 0 Å². The van der Waals surface area contributed by atoms with Crippen LogP contribution in [0.2, 0.25) is 5.02 Å². The molecule has 0 aliphatic rings. The molecule has 55 heavy (non-hydrogen) atoms. The van der Waals surface area contributed by atoms with Crippen LogP contribution in [0.3, 0.4) is 0 Å². The first-order valence-electron chi connectivity index (χ1n) is 18.7. The largest absolute Gasteiger partial charge is 0.310 e. The van der Waals surface area contributed by atoms with E-state index in [1.165, 1.54) is 64.9 Å². The Morgan fingerprint density at radius 2 is 1.00 bits per heavy atom. The standard InChI is InChI=1S/C52H33ClN2/c53-42-28-41(31-45(33-42)54(43-24-20-34-10-1-3-14-38(34)29-43)50-19-9-16-36-12-5-7-17-46(36)50)40-23-27-51-49(32-40)48-26-22-37-13-6-8-18-47(37)52(48)55(51)44-25-21-35-11-2-4-15-39(35)30-44/h1-33H. The highest BCUT2D eigenvalue weighted by Gasteiger charge is 2.20. The van der Waals surface area contributed by atoms with E-state index in [1.54, 1.807) is 0 Å². The summed E-state index contributed by atoms with van der Waals surface area (Å²) in [6, 6.07) is 72.2. The highest BCUT2D eigenvalue weighted by atomic mass is 35.5. The van der Waals surface area contributed by atoms with Gasteiger partial charge in [-0.2, -0.15) is 0 Å². The molecule has 0 aliphatic heterocycles. The molecule has 0 aliphatic carbocycles. The molecule has 258 valence electrons. The zero-order chi connectivity index (χ0) is 36.5. The van der Waals surface area contributed by atoms with Crippen molar-refractivity contribution >= 4 is 93.6 Å². The number of anilines is 3. The lowest BCUT2D eigenvalue weighted by Crippen LogP contribution is -2.10. The zero-order valence-electron chi connectivity index (χ0n) is 29.8. The lowest BCUT2D eigenvalue weighted by molar-refractivity contribution is 1.19. The van der Waals surface area contributed by atoms with E-state index in [4.69, 9.17) is 11.6 Å². The molecule has 10 aromatic carbocycles. The van der Waals surface area contributed by atoms with E-state index in [1.807, 2.05) is 0 Å². The van der Waals surface area contributed by atoms with E-state index < -0.39 is 0 Å². The van der Waals surface area contributed by atoms with Gasteiger partial charge >= 0.3 is 0 Å². The Morgan fingerprint density at radius 1 is 0.364 bits per heavy atom. The molecule has 0 bridgehead atoms. The Balaban J connectivity index is 1.13. The average molecular weight is 721 g/mol. The first-order valence-corrected chi connectivity index (χ1v) is 19.1. The molecule has 0 radical (unpaired) electrons. The van der Waals surface area contributed by atoms with Gasteiger partial charge in [-0.05, 0) is 104 Å². The predicted molar refractivity (Wildman–Crippen MR) is 236 cm³/mol. The van der Waals surface area contributed by atoms with Crippen molar-refractivity contribution in [3.8, 4) is 16.8 Å². The molecule has 0 saturated carbocycles. The average Bonchev–Trinajstić information content (AvgIpc) is 3.58. The Bertz CT molecular complexity index is 3300. The van der Waals surface area contributed by atoms with E-state index in [9.17, 15) is 0 Å². The summed E-state index contributed by atoms with van der Waals surface area (Å²) in [5.74, 6) is 0. The van der Waals surface area contributed by atoms with Crippen molar-refractivity contribution in [2.75, 3.05) is 4.90 Å². The van der Waals surface area contributed by atoms with Gasteiger partial charge in [-0.3, -0.25) is 0 Å². The maximum atomic E-state index is 7.11. The smallest absolute Gasteiger partial charge is 0.0619 e. The molecule has 0 fully saturated rings. The minimum atomic E-state index is 0.684. The molecule has 0 atom stereocenters. The SMILES string of the molecule is Clc1cc(-c2ccc3c(c2)c2ccc4ccccc4c2n3-c2ccc3ccccc3c2)cc(N(c2ccc3ccccc3c2)c2cccc3ccccc23)c1. The van der Waals surface area contributed by atoms with Crippen molar-refractivity contribution < 1.29 is 0 Å². The van der Waals surface area contributed by atoms with Gasteiger partial charge in [0.15, 0.2) is 0 Å². The van der Waals surface area contributed by atoms with E-state index >= 15 is 0 Å². The summed E-state index contributed by atoms with van der Waals surface area (Å²) in [6.45, 7) is 0. The van der Waals surface area contributed by atoms with E-state index in [-0.39, 0.29) is 0 Å². The summed E-state index contributed by atoms with van der Waals surface area (Å²) in [7, 11) is 0. The number of aromatic nitrogens is 1. The van der Waals surface area contributed by atoms with Crippen LogP contribution in [-0.2, 0) is 0 Å². The van der Waals surface area contributed by atoms with Crippen molar-refractivity contribution in [3.63, 3.8) is 0 Å². The molecule has 11 rings (SSSR count). The first kappa shape index (κ1) is 31.6. The third kappa shape index (κ3) is 5.26. The minimum absolute atomic E-state index is 0.684. The number of hydrogen-bond donors (Lipinski definition) is 0. The molecule has 3 heteroatoms. The van der Waals surface area contributed by atoms with Crippen LogP contribution < -0.4 is 4.90 Å². The predicted octanol–water partition coefficient (Wildman–Crippen LogP) is 15.2. The van der Waals surface area contributed by atoms with E-state index in [0.29, 0.717) is 5.02 Å². The van der Waals surface area contributed by atoms with Gasteiger partial charge in [-0.25, -0.2) is 0 Å². The Morgan fingerprint density at radius 3 is 1.80 bits per heavy atom. The van der Waals surface area contributed by atoms with E-state index in [0.717, 1.165) is 33.9 Å². The zero-order valence-corrected chi connectivity index (χ0v) is 30.6. The summed E-state index contributed by atoms with van der Waals surface area (Å²) < 4.78 is 2.44. The van der Waals surface area contributed by atoms with Gasteiger partial charge in [0.2, 0.25) is 0 Å². The number of halogens is 1. The Kier molecular flexibility index (Phi) is 7.26. The van der Waals surface area contributed by atoms with Gasteiger partial charge in [0.25, 0.3) is 0 Å². The third-order valence-corrected chi connectivity index (χ3v) is 11.3. The molecule has 11 aromatic rings. The van der Waals surface area contributed by atoms with Gasteiger partial charge in [-0.1, -0.05) is 151 Å². The monoisotopic (exact) mass is 720 g/mol. The maximum absolute atomic E-state index is 7.11. The molecule has 1 heterocycles. The molecule has 1 aromatic heterocycles. The number of rotatable bonds is 5. The van der Waals surface area contributed by atoms with Gasteiger partial charge in [-0.15, -0.1) is 0 Å². The summed E-state index contributed by atoms with van der Waals surface area (Å²) in [6.07, 6.45) is 0.